The molecular weight excluding hydrogens is 384 g/mol. The van der Waals surface area contributed by atoms with Crippen molar-refractivity contribution in [2.75, 3.05) is 13.1 Å². The van der Waals surface area contributed by atoms with Crippen molar-refractivity contribution >= 4 is 17.7 Å². The van der Waals surface area contributed by atoms with E-state index in [-0.39, 0.29) is 17.5 Å². The van der Waals surface area contributed by atoms with Crippen molar-refractivity contribution in [1.82, 2.24) is 15.0 Å². The first kappa shape index (κ1) is 19.5. The van der Waals surface area contributed by atoms with Crippen LogP contribution in [-0.2, 0) is 4.79 Å². The van der Waals surface area contributed by atoms with Crippen LogP contribution in [0.15, 0.2) is 65.2 Å². The lowest BCUT2D eigenvalue weighted by Crippen LogP contribution is -2.38. The maximum absolute atomic E-state index is 12.6. The van der Waals surface area contributed by atoms with Gasteiger partial charge in [0.05, 0.1) is 10.8 Å². The summed E-state index contributed by atoms with van der Waals surface area (Å²) in [7, 11) is 0. The van der Waals surface area contributed by atoms with Crippen LogP contribution in [0.25, 0.3) is 17.5 Å². The molecule has 1 saturated heterocycles. The Hall–Kier alpha value is -3.81. The van der Waals surface area contributed by atoms with Crippen LogP contribution in [0.2, 0.25) is 0 Å². The van der Waals surface area contributed by atoms with E-state index in [1.807, 2.05) is 30.3 Å². The fourth-order valence-corrected chi connectivity index (χ4v) is 3.46. The van der Waals surface area contributed by atoms with E-state index in [1.54, 1.807) is 23.1 Å². The fourth-order valence-electron chi connectivity index (χ4n) is 3.46. The second-order valence-electron chi connectivity index (χ2n) is 7.13. The van der Waals surface area contributed by atoms with Crippen LogP contribution >= 0.6 is 0 Å². The van der Waals surface area contributed by atoms with E-state index in [0.717, 1.165) is 24.0 Å². The number of non-ortho nitro benzene ring substituents is 1. The number of aromatic nitrogens is 2. The number of rotatable bonds is 5. The summed E-state index contributed by atoms with van der Waals surface area (Å²) < 4.78 is 5.47. The second kappa shape index (κ2) is 8.69. The first-order valence-corrected chi connectivity index (χ1v) is 9.70. The van der Waals surface area contributed by atoms with Crippen LogP contribution in [0.3, 0.4) is 0 Å². The maximum Gasteiger partial charge on any atom is 0.269 e. The summed E-state index contributed by atoms with van der Waals surface area (Å²) in [5.41, 5.74) is 1.64. The molecule has 0 bridgehead atoms. The summed E-state index contributed by atoms with van der Waals surface area (Å²) in [5, 5.41) is 14.8. The first-order valence-electron chi connectivity index (χ1n) is 9.70. The van der Waals surface area contributed by atoms with Crippen LogP contribution in [0, 0.1) is 10.1 Å². The number of amides is 1. The molecule has 2 heterocycles. The average molecular weight is 404 g/mol. The van der Waals surface area contributed by atoms with Gasteiger partial charge in [-0.05, 0) is 36.6 Å². The smallest absolute Gasteiger partial charge is 0.269 e. The topological polar surface area (TPSA) is 102 Å². The molecule has 1 fully saturated rings. The Morgan fingerprint density at radius 2 is 1.93 bits per heavy atom. The lowest BCUT2D eigenvalue weighted by Gasteiger charge is -2.30. The van der Waals surface area contributed by atoms with Crippen LogP contribution in [0.1, 0.15) is 30.2 Å². The Bertz CT molecular complexity index is 1060. The third-order valence-corrected chi connectivity index (χ3v) is 5.08. The number of hydrogen-bond donors (Lipinski definition) is 0. The third-order valence-electron chi connectivity index (χ3n) is 5.08. The van der Waals surface area contributed by atoms with Gasteiger partial charge in [-0.3, -0.25) is 14.9 Å². The molecule has 152 valence electrons. The van der Waals surface area contributed by atoms with E-state index >= 15 is 0 Å². The molecule has 30 heavy (non-hydrogen) atoms. The molecule has 8 nitrogen and oxygen atoms in total. The number of carbonyl (C=O) groups excluding carboxylic acids is 1. The summed E-state index contributed by atoms with van der Waals surface area (Å²) in [5.74, 6) is 0.985. The monoisotopic (exact) mass is 404 g/mol. The van der Waals surface area contributed by atoms with E-state index in [9.17, 15) is 14.9 Å². The minimum atomic E-state index is -0.451. The molecule has 8 heteroatoms. The zero-order valence-electron chi connectivity index (χ0n) is 16.2. The Kier molecular flexibility index (Phi) is 5.65. The normalized spacial score (nSPS) is 16.7. The molecule has 0 radical (unpaired) electrons. The predicted molar refractivity (Wildman–Crippen MR) is 110 cm³/mol. The SMILES string of the molecule is O=C(/C=C/c1ccc([N+](=O)[O-])cc1)N1CCCC(c2nc(-c3ccccc3)no2)C1. The van der Waals surface area contributed by atoms with E-state index in [2.05, 4.69) is 10.1 Å². The summed E-state index contributed by atoms with van der Waals surface area (Å²) in [4.78, 5) is 29.2. The van der Waals surface area contributed by atoms with Gasteiger partial charge in [-0.25, -0.2) is 0 Å². The van der Waals surface area contributed by atoms with E-state index < -0.39 is 4.92 Å². The van der Waals surface area contributed by atoms with Crippen molar-refractivity contribution in [2.45, 2.75) is 18.8 Å². The largest absolute Gasteiger partial charge is 0.339 e. The lowest BCUT2D eigenvalue weighted by atomic mass is 9.98. The Balaban J connectivity index is 1.40. The van der Waals surface area contributed by atoms with E-state index in [1.165, 1.54) is 18.2 Å². The first-order chi connectivity index (χ1) is 14.6. The molecule has 0 saturated carbocycles. The Morgan fingerprint density at radius 1 is 1.17 bits per heavy atom. The summed E-state index contributed by atoms with van der Waals surface area (Å²) in [6.07, 6.45) is 4.89. The van der Waals surface area contributed by atoms with Gasteiger partial charge in [-0.2, -0.15) is 4.98 Å². The number of piperidine rings is 1. The number of nitro benzene ring substituents is 1. The molecule has 1 atom stereocenters. The van der Waals surface area contributed by atoms with Crippen molar-refractivity contribution in [3.63, 3.8) is 0 Å². The third kappa shape index (κ3) is 4.43. The second-order valence-corrected chi connectivity index (χ2v) is 7.13. The van der Waals surface area contributed by atoms with Crippen molar-refractivity contribution in [1.29, 1.82) is 0 Å². The molecule has 4 rings (SSSR count). The number of benzene rings is 2. The molecule has 2 aromatic carbocycles. The van der Waals surface area contributed by atoms with Gasteiger partial charge in [0.1, 0.15) is 0 Å². The summed E-state index contributed by atoms with van der Waals surface area (Å²) >= 11 is 0. The van der Waals surface area contributed by atoms with Crippen molar-refractivity contribution in [2.24, 2.45) is 0 Å². The van der Waals surface area contributed by atoms with Gasteiger partial charge in [-0.15, -0.1) is 0 Å². The lowest BCUT2D eigenvalue weighted by molar-refractivity contribution is -0.384. The van der Waals surface area contributed by atoms with E-state index in [0.29, 0.717) is 24.8 Å². The van der Waals surface area contributed by atoms with Gasteiger partial charge in [-0.1, -0.05) is 35.5 Å². The van der Waals surface area contributed by atoms with Gasteiger partial charge >= 0.3 is 0 Å². The molecule has 1 amide bonds. The Morgan fingerprint density at radius 3 is 2.67 bits per heavy atom. The number of hydrogen-bond acceptors (Lipinski definition) is 6. The quantitative estimate of drug-likeness (QED) is 0.361. The van der Waals surface area contributed by atoms with E-state index in [4.69, 9.17) is 4.52 Å². The van der Waals surface area contributed by atoms with Crippen LogP contribution in [0.4, 0.5) is 5.69 Å². The minimum Gasteiger partial charge on any atom is -0.339 e. The standard InChI is InChI=1S/C22H20N4O4/c27-20(13-10-16-8-11-19(12-9-16)26(28)29)25-14-4-7-18(15-25)22-23-21(24-30-22)17-5-2-1-3-6-17/h1-3,5-6,8-13,18H,4,7,14-15H2/b13-10+. The molecule has 1 aromatic heterocycles. The van der Waals surface area contributed by atoms with Gasteiger partial charge in [0.15, 0.2) is 0 Å². The molecule has 0 aliphatic carbocycles. The number of likely N-dealkylation sites (tertiary alicyclic amines) is 1. The Labute approximate surface area is 173 Å². The zero-order chi connectivity index (χ0) is 20.9. The highest BCUT2D eigenvalue weighted by Crippen LogP contribution is 2.27. The molecule has 1 aliphatic rings. The molecular formula is C22H20N4O4. The fraction of sp³-hybridized carbons (Fsp3) is 0.227. The predicted octanol–water partition coefficient (Wildman–Crippen LogP) is 4.06. The molecule has 3 aromatic rings. The minimum absolute atomic E-state index is 0.000405. The van der Waals surface area contributed by atoms with Crippen molar-refractivity contribution in [3.8, 4) is 11.4 Å². The van der Waals surface area contributed by atoms with Crippen molar-refractivity contribution in [3.05, 3.63) is 82.2 Å². The van der Waals surface area contributed by atoms with Crippen LogP contribution < -0.4 is 0 Å². The molecule has 0 spiro atoms. The highest BCUT2D eigenvalue weighted by molar-refractivity contribution is 5.91. The number of carbonyl (C=O) groups is 1. The van der Waals surface area contributed by atoms with Crippen LogP contribution in [0.5, 0.6) is 0 Å². The summed E-state index contributed by atoms with van der Waals surface area (Å²) in [6.45, 7) is 1.18. The maximum atomic E-state index is 12.6. The number of nitrogens with zero attached hydrogens (tertiary/aromatic N) is 4. The van der Waals surface area contributed by atoms with Gasteiger partial charge in [0.2, 0.25) is 17.6 Å². The highest BCUT2D eigenvalue weighted by Gasteiger charge is 2.28. The molecule has 1 aliphatic heterocycles. The molecule has 1 unspecified atom stereocenters. The van der Waals surface area contributed by atoms with Gasteiger partial charge < -0.3 is 9.42 Å². The average Bonchev–Trinajstić information content (AvgIpc) is 3.29. The number of nitro groups is 1. The molecule has 0 N–H and O–H groups in total. The zero-order valence-corrected chi connectivity index (χ0v) is 16.2. The summed E-state index contributed by atoms with van der Waals surface area (Å²) in [6, 6.07) is 15.7. The van der Waals surface area contributed by atoms with Crippen LogP contribution in [-0.4, -0.2) is 39.0 Å². The van der Waals surface area contributed by atoms with Gasteiger partial charge in [0.25, 0.3) is 5.69 Å². The van der Waals surface area contributed by atoms with Crippen molar-refractivity contribution < 1.29 is 14.2 Å². The van der Waals surface area contributed by atoms with Gasteiger partial charge in [0, 0.05) is 36.9 Å². The highest BCUT2D eigenvalue weighted by atomic mass is 16.6.